The zero-order chi connectivity index (χ0) is 12.3. The zero-order valence-electron chi connectivity index (χ0n) is 9.74. The first kappa shape index (κ1) is 11.9. The first-order valence-corrected chi connectivity index (χ1v) is 6.22. The lowest BCUT2D eigenvalue weighted by Crippen LogP contribution is -2.05. The molecule has 4 heteroatoms. The molecule has 2 nitrogen and oxygen atoms in total. The topological polar surface area (TPSA) is 21.3 Å². The van der Waals surface area contributed by atoms with Gasteiger partial charge in [-0.15, -0.1) is 11.3 Å². The van der Waals surface area contributed by atoms with Crippen molar-refractivity contribution in [1.82, 2.24) is 0 Å². The molecule has 0 fully saturated rings. The second-order valence-electron chi connectivity index (χ2n) is 3.73. The normalized spacial score (nSPS) is 12.2. The van der Waals surface area contributed by atoms with Crippen LogP contribution in [0.4, 0.5) is 10.1 Å². The summed E-state index contributed by atoms with van der Waals surface area (Å²) >= 11 is 1.68. The molecule has 0 aliphatic heterocycles. The van der Waals surface area contributed by atoms with Crippen molar-refractivity contribution < 1.29 is 9.13 Å². The molecule has 1 heterocycles. The van der Waals surface area contributed by atoms with Crippen LogP contribution in [-0.2, 0) is 0 Å². The van der Waals surface area contributed by atoms with Gasteiger partial charge in [0.25, 0.3) is 0 Å². The molecule has 0 amide bonds. The Hall–Kier alpha value is -1.55. The minimum atomic E-state index is -0.351. The third-order valence-corrected chi connectivity index (χ3v) is 3.56. The largest absolute Gasteiger partial charge is 0.494 e. The van der Waals surface area contributed by atoms with Crippen LogP contribution in [0.1, 0.15) is 17.8 Å². The highest BCUT2D eigenvalue weighted by molar-refractivity contribution is 7.10. The van der Waals surface area contributed by atoms with Gasteiger partial charge >= 0.3 is 0 Å². The summed E-state index contributed by atoms with van der Waals surface area (Å²) in [5.41, 5.74) is 0.754. The molecular weight excluding hydrogens is 237 g/mol. The van der Waals surface area contributed by atoms with Gasteiger partial charge in [-0.1, -0.05) is 6.07 Å². The number of benzene rings is 1. The average molecular weight is 251 g/mol. The molecule has 0 saturated heterocycles. The first-order valence-electron chi connectivity index (χ1n) is 5.34. The smallest absolute Gasteiger partial charge is 0.167 e. The van der Waals surface area contributed by atoms with Crippen LogP contribution in [0.2, 0.25) is 0 Å². The maximum absolute atomic E-state index is 13.5. The number of methoxy groups -OCH3 is 1. The van der Waals surface area contributed by atoms with Crippen molar-refractivity contribution in [3.05, 3.63) is 46.4 Å². The molecule has 0 aliphatic carbocycles. The van der Waals surface area contributed by atoms with E-state index in [0.29, 0.717) is 0 Å². The molecule has 2 rings (SSSR count). The van der Waals surface area contributed by atoms with Crippen molar-refractivity contribution in [1.29, 1.82) is 0 Å². The van der Waals surface area contributed by atoms with Crippen molar-refractivity contribution >= 4 is 17.0 Å². The van der Waals surface area contributed by atoms with E-state index in [1.807, 2.05) is 24.4 Å². The number of rotatable bonds is 4. The number of ether oxygens (including phenoxy) is 1. The van der Waals surface area contributed by atoms with Crippen LogP contribution in [0.5, 0.6) is 5.75 Å². The van der Waals surface area contributed by atoms with E-state index in [1.54, 1.807) is 17.4 Å². The Morgan fingerprint density at radius 1 is 1.35 bits per heavy atom. The summed E-state index contributed by atoms with van der Waals surface area (Å²) < 4.78 is 18.4. The summed E-state index contributed by atoms with van der Waals surface area (Å²) in [4.78, 5) is 1.22. The van der Waals surface area contributed by atoms with Crippen LogP contribution in [-0.4, -0.2) is 7.11 Å². The Bertz CT molecular complexity index is 484. The predicted molar refractivity (Wildman–Crippen MR) is 69.3 cm³/mol. The van der Waals surface area contributed by atoms with Gasteiger partial charge in [0.2, 0.25) is 0 Å². The molecule has 1 aromatic carbocycles. The molecule has 17 heavy (non-hydrogen) atoms. The van der Waals surface area contributed by atoms with Gasteiger partial charge < -0.3 is 10.1 Å². The van der Waals surface area contributed by atoms with Crippen molar-refractivity contribution in [3.8, 4) is 5.75 Å². The average Bonchev–Trinajstić information content (AvgIpc) is 2.82. The highest BCUT2D eigenvalue weighted by Gasteiger charge is 2.08. The Kier molecular flexibility index (Phi) is 3.64. The molecule has 0 radical (unpaired) electrons. The van der Waals surface area contributed by atoms with Crippen molar-refractivity contribution in [3.63, 3.8) is 0 Å². The Morgan fingerprint density at radius 2 is 2.18 bits per heavy atom. The molecule has 1 N–H and O–H groups in total. The van der Waals surface area contributed by atoms with Gasteiger partial charge in [0.15, 0.2) is 11.6 Å². The van der Waals surface area contributed by atoms with E-state index in [-0.39, 0.29) is 17.6 Å². The first-order chi connectivity index (χ1) is 8.20. The molecule has 0 spiro atoms. The highest BCUT2D eigenvalue weighted by atomic mass is 32.1. The summed E-state index contributed by atoms with van der Waals surface area (Å²) in [5.74, 6) is -0.0878. The van der Waals surface area contributed by atoms with Crippen molar-refractivity contribution in [2.45, 2.75) is 13.0 Å². The molecule has 1 unspecified atom stereocenters. The van der Waals surface area contributed by atoms with Gasteiger partial charge in [-0.25, -0.2) is 4.39 Å². The number of halogens is 1. The summed E-state index contributed by atoms with van der Waals surface area (Å²) in [7, 11) is 1.46. The second-order valence-corrected chi connectivity index (χ2v) is 4.71. The van der Waals surface area contributed by atoms with E-state index in [9.17, 15) is 4.39 Å². The van der Waals surface area contributed by atoms with Gasteiger partial charge in [-0.3, -0.25) is 0 Å². The van der Waals surface area contributed by atoms with E-state index in [0.717, 1.165) is 5.69 Å². The maximum Gasteiger partial charge on any atom is 0.167 e. The fourth-order valence-electron chi connectivity index (χ4n) is 1.61. The predicted octanol–water partition coefficient (Wildman–Crippen LogP) is 4.07. The van der Waals surface area contributed by atoms with Crippen LogP contribution >= 0.6 is 11.3 Å². The number of nitrogens with one attached hydrogen (secondary N) is 1. The second kappa shape index (κ2) is 5.19. The maximum atomic E-state index is 13.5. The minimum absolute atomic E-state index is 0.169. The fraction of sp³-hybridized carbons (Fsp3) is 0.231. The molecule has 1 aromatic heterocycles. The number of hydrogen-bond donors (Lipinski definition) is 1. The molecule has 1 atom stereocenters. The number of anilines is 1. The van der Waals surface area contributed by atoms with Crippen LogP contribution in [0.25, 0.3) is 0 Å². The summed E-state index contributed by atoms with van der Waals surface area (Å²) in [6, 6.07) is 9.12. The van der Waals surface area contributed by atoms with Gasteiger partial charge in [0.05, 0.1) is 13.2 Å². The van der Waals surface area contributed by atoms with Crippen LogP contribution < -0.4 is 10.1 Å². The quantitative estimate of drug-likeness (QED) is 0.884. The van der Waals surface area contributed by atoms with Crippen molar-refractivity contribution in [2.24, 2.45) is 0 Å². The highest BCUT2D eigenvalue weighted by Crippen LogP contribution is 2.26. The lowest BCUT2D eigenvalue weighted by atomic mass is 10.2. The van der Waals surface area contributed by atoms with E-state index < -0.39 is 0 Å². The van der Waals surface area contributed by atoms with Gasteiger partial charge in [-0.05, 0) is 30.5 Å². The molecule has 0 saturated carbocycles. The number of hydrogen-bond acceptors (Lipinski definition) is 3. The SMILES string of the molecule is COc1ccc(NC(C)c2cccs2)cc1F. The third kappa shape index (κ3) is 2.77. The molecular formula is C13H14FNOS. The summed E-state index contributed by atoms with van der Waals surface area (Å²) in [5, 5.41) is 5.28. The Morgan fingerprint density at radius 3 is 2.76 bits per heavy atom. The lowest BCUT2D eigenvalue weighted by Gasteiger charge is -2.14. The van der Waals surface area contributed by atoms with E-state index in [4.69, 9.17) is 4.74 Å². The van der Waals surface area contributed by atoms with E-state index in [2.05, 4.69) is 11.4 Å². The van der Waals surface area contributed by atoms with Crippen LogP contribution in [0.3, 0.4) is 0 Å². The molecule has 90 valence electrons. The van der Waals surface area contributed by atoms with Gasteiger partial charge in [-0.2, -0.15) is 0 Å². The van der Waals surface area contributed by atoms with Gasteiger partial charge in [0, 0.05) is 16.6 Å². The molecule has 2 aromatic rings. The monoisotopic (exact) mass is 251 g/mol. The molecule has 0 aliphatic rings. The fourth-order valence-corrected chi connectivity index (χ4v) is 2.35. The van der Waals surface area contributed by atoms with Gasteiger partial charge in [0.1, 0.15) is 0 Å². The molecule has 0 bridgehead atoms. The summed E-state index contributed by atoms with van der Waals surface area (Å²) in [6.07, 6.45) is 0. The Balaban J connectivity index is 2.11. The zero-order valence-corrected chi connectivity index (χ0v) is 10.6. The van der Waals surface area contributed by atoms with E-state index >= 15 is 0 Å². The van der Waals surface area contributed by atoms with Crippen LogP contribution in [0, 0.1) is 5.82 Å². The van der Waals surface area contributed by atoms with E-state index in [1.165, 1.54) is 18.1 Å². The minimum Gasteiger partial charge on any atom is -0.494 e. The van der Waals surface area contributed by atoms with Crippen LogP contribution in [0.15, 0.2) is 35.7 Å². The standard InChI is InChI=1S/C13H14FNOS/c1-9(13-4-3-7-17-13)15-10-5-6-12(16-2)11(14)8-10/h3-9,15H,1-2H3. The number of thiophene rings is 1. The van der Waals surface area contributed by atoms with Crippen molar-refractivity contribution in [2.75, 3.05) is 12.4 Å². The lowest BCUT2D eigenvalue weighted by molar-refractivity contribution is 0.386. The third-order valence-electron chi connectivity index (χ3n) is 2.50. The Labute approximate surface area is 104 Å². The summed E-state index contributed by atoms with van der Waals surface area (Å²) in [6.45, 7) is 2.05.